The van der Waals surface area contributed by atoms with E-state index in [1.54, 1.807) is 12.4 Å². The summed E-state index contributed by atoms with van der Waals surface area (Å²) in [6.07, 6.45) is 5.60. The van der Waals surface area contributed by atoms with Crippen LogP contribution in [-0.2, 0) is 0 Å². The van der Waals surface area contributed by atoms with Crippen molar-refractivity contribution in [3.05, 3.63) is 30.7 Å². The fraction of sp³-hybridized carbons (Fsp3) is 0. The van der Waals surface area contributed by atoms with Crippen LogP contribution in [-0.4, -0.2) is 20.9 Å². The van der Waals surface area contributed by atoms with E-state index in [0.29, 0.717) is 5.95 Å². The molecule has 0 radical (unpaired) electrons. The molecule has 2 aromatic heterocycles. The molecule has 0 aliphatic rings. The van der Waals surface area contributed by atoms with Crippen molar-refractivity contribution in [2.75, 3.05) is 5.32 Å². The molecule has 0 saturated carbocycles. The molecule has 0 fully saturated rings. The van der Waals surface area contributed by atoms with E-state index in [0.717, 1.165) is 0 Å². The number of aromatic amines is 1. The molecule has 0 aliphatic heterocycles. The number of rotatable bonds is 2. The lowest BCUT2D eigenvalue weighted by molar-refractivity contribution is 0.102. The first kappa shape index (κ1) is 7.53. The highest BCUT2D eigenvalue weighted by molar-refractivity contribution is 6.01. The first-order chi connectivity index (χ1) is 6.36. The van der Waals surface area contributed by atoms with E-state index in [1.807, 2.05) is 0 Å². The molecule has 6 heteroatoms. The fourth-order valence-corrected chi connectivity index (χ4v) is 0.830. The number of imidazole rings is 1. The van der Waals surface area contributed by atoms with Gasteiger partial charge in [-0.3, -0.25) is 10.1 Å². The number of hydrogen-bond acceptors (Lipinski definition) is 4. The van der Waals surface area contributed by atoms with Gasteiger partial charge in [-0.1, -0.05) is 0 Å². The summed E-state index contributed by atoms with van der Waals surface area (Å²) in [6, 6.07) is 0. The number of hydrogen-bond donors (Lipinski definition) is 2. The Morgan fingerprint density at radius 3 is 3.08 bits per heavy atom. The van der Waals surface area contributed by atoms with Gasteiger partial charge in [0.15, 0.2) is 12.1 Å². The second-order valence-electron chi connectivity index (χ2n) is 2.27. The average molecular weight is 178 g/mol. The molecule has 13 heavy (non-hydrogen) atoms. The summed E-state index contributed by atoms with van der Waals surface area (Å²) in [4.78, 5) is 21.5. The van der Waals surface area contributed by atoms with Gasteiger partial charge in [0.1, 0.15) is 6.26 Å². The van der Waals surface area contributed by atoms with Crippen molar-refractivity contribution < 1.29 is 9.21 Å². The summed E-state index contributed by atoms with van der Waals surface area (Å²) >= 11 is 0. The van der Waals surface area contributed by atoms with Crippen molar-refractivity contribution in [2.45, 2.75) is 0 Å². The molecular formula is C7H6N4O2. The van der Waals surface area contributed by atoms with Gasteiger partial charge >= 0.3 is 0 Å². The number of oxazole rings is 1. The maximum Gasteiger partial charge on any atom is 0.279 e. The van der Waals surface area contributed by atoms with Crippen molar-refractivity contribution in [3.63, 3.8) is 0 Å². The van der Waals surface area contributed by atoms with E-state index in [9.17, 15) is 4.79 Å². The second-order valence-corrected chi connectivity index (χ2v) is 2.27. The summed E-state index contributed by atoms with van der Waals surface area (Å²) in [5.74, 6) is 0.0247. The number of amides is 1. The Bertz CT molecular complexity index is 379. The molecule has 2 heterocycles. The maximum atomic E-state index is 11.3. The van der Waals surface area contributed by atoms with Crippen LogP contribution in [0, 0.1) is 0 Å². The quantitative estimate of drug-likeness (QED) is 0.707. The van der Waals surface area contributed by atoms with Crippen LogP contribution in [0.3, 0.4) is 0 Å². The van der Waals surface area contributed by atoms with Crippen LogP contribution in [0.1, 0.15) is 10.5 Å². The normalized spacial score (nSPS) is 9.85. The van der Waals surface area contributed by atoms with E-state index >= 15 is 0 Å². The highest BCUT2D eigenvalue weighted by Gasteiger charge is 2.09. The lowest BCUT2D eigenvalue weighted by Gasteiger charge is -1.95. The average Bonchev–Trinajstić information content (AvgIpc) is 2.74. The molecule has 1 amide bonds. The van der Waals surface area contributed by atoms with Crippen molar-refractivity contribution in [1.29, 1.82) is 0 Å². The third-order valence-electron chi connectivity index (χ3n) is 1.40. The molecule has 0 saturated heterocycles. The Balaban J connectivity index is 2.08. The molecule has 6 nitrogen and oxygen atoms in total. The van der Waals surface area contributed by atoms with Gasteiger partial charge in [-0.05, 0) is 0 Å². The van der Waals surface area contributed by atoms with Crippen LogP contribution < -0.4 is 5.32 Å². The van der Waals surface area contributed by atoms with E-state index in [-0.39, 0.29) is 11.6 Å². The molecule has 0 aromatic carbocycles. The monoisotopic (exact) mass is 178 g/mol. The number of anilines is 1. The molecule has 0 atom stereocenters. The van der Waals surface area contributed by atoms with Crippen molar-refractivity contribution >= 4 is 11.9 Å². The first-order valence-electron chi connectivity index (χ1n) is 3.55. The number of aromatic nitrogens is 3. The third-order valence-corrected chi connectivity index (χ3v) is 1.40. The molecule has 0 bridgehead atoms. The zero-order valence-corrected chi connectivity index (χ0v) is 6.52. The van der Waals surface area contributed by atoms with Gasteiger partial charge in [0, 0.05) is 12.4 Å². The summed E-state index contributed by atoms with van der Waals surface area (Å²) in [5, 5.41) is 2.50. The standard InChI is InChI=1S/C7H6N4O2/c12-6(5-3-13-4-10-5)11-7-8-1-2-9-7/h1-4H,(H2,8,9,11,12). The summed E-state index contributed by atoms with van der Waals surface area (Å²) in [7, 11) is 0. The SMILES string of the molecule is O=C(Nc1ncc[nH]1)c1cocn1. The molecule has 2 aromatic rings. The Hall–Kier alpha value is -2.11. The third kappa shape index (κ3) is 1.56. The summed E-state index contributed by atoms with van der Waals surface area (Å²) < 4.78 is 4.65. The highest BCUT2D eigenvalue weighted by atomic mass is 16.3. The zero-order valence-electron chi connectivity index (χ0n) is 6.52. The smallest absolute Gasteiger partial charge is 0.279 e. The molecule has 0 spiro atoms. The van der Waals surface area contributed by atoms with Gasteiger partial charge in [0.25, 0.3) is 5.91 Å². The topological polar surface area (TPSA) is 83.8 Å². The van der Waals surface area contributed by atoms with Crippen LogP contribution in [0.2, 0.25) is 0 Å². The molecular weight excluding hydrogens is 172 g/mol. The summed E-state index contributed by atoms with van der Waals surface area (Å²) in [5.41, 5.74) is 0.219. The van der Waals surface area contributed by atoms with Gasteiger partial charge < -0.3 is 9.40 Å². The van der Waals surface area contributed by atoms with Crippen molar-refractivity contribution in [2.24, 2.45) is 0 Å². The predicted molar refractivity (Wildman–Crippen MR) is 43.0 cm³/mol. The molecule has 2 rings (SSSR count). The maximum absolute atomic E-state index is 11.3. The van der Waals surface area contributed by atoms with Crippen LogP contribution in [0.15, 0.2) is 29.5 Å². The Morgan fingerprint density at radius 1 is 1.54 bits per heavy atom. The largest absolute Gasteiger partial charge is 0.451 e. The Kier molecular flexibility index (Phi) is 1.79. The lowest BCUT2D eigenvalue weighted by Crippen LogP contribution is -2.13. The zero-order chi connectivity index (χ0) is 9.10. The number of H-pyrrole nitrogens is 1. The second kappa shape index (κ2) is 3.10. The number of carbonyl (C=O) groups is 1. The predicted octanol–water partition coefficient (Wildman–Crippen LogP) is 0.650. The minimum Gasteiger partial charge on any atom is -0.451 e. The van der Waals surface area contributed by atoms with Gasteiger partial charge in [0.05, 0.1) is 0 Å². The lowest BCUT2D eigenvalue weighted by atomic mass is 10.4. The summed E-state index contributed by atoms with van der Waals surface area (Å²) in [6.45, 7) is 0. The Morgan fingerprint density at radius 2 is 2.46 bits per heavy atom. The minimum absolute atomic E-state index is 0.219. The van der Waals surface area contributed by atoms with Crippen LogP contribution >= 0.6 is 0 Å². The van der Waals surface area contributed by atoms with Crippen LogP contribution in [0.4, 0.5) is 5.95 Å². The number of nitrogens with one attached hydrogen (secondary N) is 2. The molecule has 0 unspecified atom stereocenters. The van der Waals surface area contributed by atoms with Crippen molar-refractivity contribution in [1.82, 2.24) is 15.0 Å². The number of nitrogens with zero attached hydrogens (tertiary/aromatic N) is 2. The highest BCUT2D eigenvalue weighted by Crippen LogP contribution is 2.00. The molecule has 2 N–H and O–H groups in total. The van der Waals surface area contributed by atoms with E-state index < -0.39 is 0 Å². The van der Waals surface area contributed by atoms with Gasteiger partial charge in [0.2, 0.25) is 5.95 Å². The fourth-order valence-electron chi connectivity index (χ4n) is 0.830. The van der Waals surface area contributed by atoms with Gasteiger partial charge in [-0.2, -0.15) is 0 Å². The first-order valence-corrected chi connectivity index (χ1v) is 3.55. The van der Waals surface area contributed by atoms with Crippen molar-refractivity contribution in [3.8, 4) is 0 Å². The van der Waals surface area contributed by atoms with E-state index in [2.05, 4.69) is 24.7 Å². The van der Waals surface area contributed by atoms with E-state index in [4.69, 9.17) is 0 Å². The van der Waals surface area contributed by atoms with Gasteiger partial charge in [-0.15, -0.1) is 0 Å². The van der Waals surface area contributed by atoms with E-state index in [1.165, 1.54) is 12.7 Å². The molecule has 66 valence electrons. The minimum atomic E-state index is -0.358. The number of carbonyl (C=O) groups excluding carboxylic acids is 1. The Labute approximate surface area is 73.0 Å². The molecule has 0 aliphatic carbocycles. The van der Waals surface area contributed by atoms with Gasteiger partial charge in [-0.25, -0.2) is 9.97 Å². The van der Waals surface area contributed by atoms with Crippen LogP contribution in [0.5, 0.6) is 0 Å². The van der Waals surface area contributed by atoms with Crippen LogP contribution in [0.25, 0.3) is 0 Å².